The van der Waals surface area contributed by atoms with E-state index in [-0.39, 0.29) is 5.91 Å². The van der Waals surface area contributed by atoms with Crippen molar-refractivity contribution in [3.05, 3.63) is 35.4 Å². The molecule has 17 heavy (non-hydrogen) atoms. The number of halogens is 2. The minimum Gasteiger partial charge on any atom is -0.370 e. The van der Waals surface area contributed by atoms with Gasteiger partial charge in [0.15, 0.2) is 11.6 Å². The quantitative estimate of drug-likeness (QED) is 0.715. The molecule has 1 aromatic rings. The molecule has 3 N–H and O–H groups in total. The Kier molecular flexibility index (Phi) is 5.56. The Bertz CT molecular complexity index is 383. The van der Waals surface area contributed by atoms with Crippen molar-refractivity contribution in [2.45, 2.75) is 25.8 Å². The molecule has 94 valence electrons. The van der Waals surface area contributed by atoms with Crippen molar-refractivity contribution in [3.63, 3.8) is 0 Å². The van der Waals surface area contributed by atoms with Crippen LogP contribution in [0.5, 0.6) is 0 Å². The molecule has 1 rings (SSSR count). The summed E-state index contributed by atoms with van der Waals surface area (Å²) in [4.78, 5) is 10.4. The number of rotatable bonds is 7. The molecule has 0 heterocycles. The highest BCUT2D eigenvalue weighted by Crippen LogP contribution is 2.08. The van der Waals surface area contributed by atoms with Crippen molar-refractivity contribution in [3.8, 4) is 0 Å². The normalized spacial score (nSPS) is 10.5. The fourth-order valence-corrected chi connectivity index (χ4v) is 1.43. The molecule has 0 saturated carbocycles. The van der Waals surface area contributed by atoms with Crippen LogP contribution in [0.4, 0.5) is 8.78 Å². The molecule has 0 aliphatic heterocycles. The molecule has 0 aromatic heterocycles. The van der Waals surface area contributed by atoms with E-state index >= 15 is 0 Å². The highest BCUT2D eigenvalue weighted by Gasteiger charge is 2.01. The van der Waals surface area contributed by atoms with Gasteiger partial charge >= 0.3 is 0 Å². The lowest BCUT2D eigenvalue weighted by molar-refractivity contribution is -0.118. The van der Waals surface area contributed by atoms with Crippen LogP contribution in [-0.2, 0) is 11.3 Å². The lowest BCUT2D eigenvalue weighted by Gasteiger charge is -2.04. The maximum Gasteiger partial charge on any atom is 0.217 e. The molecule has 3 nitrogen and oxygen atoms in total. The van der Waals surface area contributed by atoms with Crippen molar-refractivity contribution >= 4 is 5.91 Å². The summed E-state index contributed by atoms with van der Waals surface area (Å²) in [5, 5.41) is 3.08. The topological polar surface area (TPSA) is 55.1 Å². The van der Waals surface area contributed by atoms with E-state index in [1.807, 2.05) is 0 Å². The maximum absolute atomic E-state index is 12.8. The van der Waals surface area contributed by atoms with E-state index in [2.05, 4.69) is 5.32 Å². The van der Waals surface area contributed by atoms with Crippen LogP contribution < -0.4 is 11.1 Å². The van der Waals surface area contributed by atoms with E-state index in [0.717, 1.165) is 18.9 Å². The van der Waals surface area contributed by atoms with Crippen molar-refractivity contribution in [2.75, 3.05) is 6.54 Å². The predicted molar refractivity (Wildman–Crippen MR) is 61.1 cm³/mol. The van der Waals surface area contributed by atoms with Gasteiger partial charge in [-0.05, 0) is 37.1 Å². The summed E-state index contributed by atoms with van der Waals surface area (Å²) in [7, 11) is 0. The van der Waals surface area contributed by atoms with Gasteiger partial charge in [-0.15, -0.1) is 0 Å². The maximum atomic E-state index is 12.8. The van der Waals surface area contributed by atoms with Crippen molar-refractivity contribution in [2.24, 2.45) is 5.73 Å². The van der Waals surface area contributed by atoms with Gasteiger partial charge in [-0.2, -0.15) is 0 Å². The van der Waals surface area contributed by atoms with Crippen molar-refractivity contribution in [1.29, 1.82) is 0 Å². The molecular weight excluding hydrogens is 226 g/mol. The zero-order valence-electron chi connectivity index (χ0n) is 9.51. The van der Waals surface area contributed by atoms with Gasteiger partial charge in [0.05, 0.1) is 0 Å². The third kappa shape index (κ3) is 5.40. The summed E-state index contributed by atoms with van der Waals surface area (Å²) in [6.45, 7) is 1.19. The number of amides is 1. The number of primary amides is 1. The second kappa shape index (κ2) is 6.96. The molecule has 0 spiro atoms. The van der Waals surface area contributed by atoms with E-state index in [0.29, 0.717) is 25.1 Å². The van der Waals surface area contributed by atoms with Crippen LogP contribution in [0.3, 0.4) is 0 Å². The molecule has 0 radical (unpaired) electrons. The predicted octanol–water partition coefficient (Wildman–Crippen LogP) is 1.71. The van der Waals surface area contributed by atoms with Crippen LogP contribution in [0, 0.1) is 11.6 Å². The Balaban J connectivity index is 2.18. The first-order valence-electron chi connectivity index (χ1n) is 5.52. The van der Waals surface area contributed by atoms with Gasteiger partial charge in [-0.3, -0.25) is 4.79 Å². The van der Waals surface area contributed by atoms with Gasteiger partial charge in [0.25, 0.3) is 0 Å². The highest BCUT2D eigenvalue weighted by atomic mass is 19.2. The third-order valence-corrected chi connectivity index (χ3v) is 2.34. The number of carbonyl (C=O) groups excluding carboxylic acids is 1. The lowest BCUT2D eigenvalue weighted by Crippen LogP contribution is -2.16. The van der Waals surface area contributed by atoms with Gasteiger partial charge in [-0.25, -0.2) is 8.78 Å². The van der Waals surface area contributed by atoms with Crippen LogP contribution >= 0.6 is 0 Å². The van der Waals surface area contributed by atoms with Crippen molar-refractivity contribution in [1.82, 2.24) is 5.32 Å². The average molecular weight is 242 g/mol. The first-order valence-corrected chi connectivity index (χ1v) is 5.52. The van der Waals surface area contributed by atoms with Gasteiger partial charge in [0, 0.05) is 13.0 Å². The Labute approximate surface area is 99.0 Å². The Hall–Kier alpha value is -1.49. The molecule has 0 bridgehead atoms. The second-order valence-corrected chi connectivity index (χ2v) is 3.85. The summed E-state index contributed by atoms with van der Waals surface area (Å²) >= 11 is 0. The van der Waals surface area contributed by atoms with Crippen LogP contribution in [0.2, 0.25) is 0 Å². The van der Waals surface area contributed by atoms with E-state index in [9.17, 15) is 13.6 Å². The number of nitrogens with two attached hydrogens (primary N) is 1. The highest BCUT2D eigenvalue weighted by molar-refractivity contribution is 5.73. The molecule has 1 aromatic carbocycles. The second-order valence-electron chi connectivity index (χ2n) is 3.85. The zero-order chi connectivity index (χ0) is 12.7. The molecule has 1 amide bonds. The van der Waals surface area contributed by atoms with Crippen molar-refractivity contribution < 1.29 is 13.6 Å². The summed E-state index contributed by atoms with van der Waals surface area (Å²) in [6, 6.07) is 3.82. The summed E-state index contributed by atoms with van der Waals surface area (Å²) in [5.74, 6) is -1.97. The first kappa shape index (κ1) is 13.6. The summed E-state index contributed by atoms with van der Waals surface area (Å²) < 4.78 is 25.5. The number of nitrogens with one attached hydrogen (secondary N) is 1. The fourth-order valence-electron chi connectivity index (χ4n) is 1.43. The summed E-state index contributed by atoms with van der Waals surface area (Å²) in [5.41, 5.74) is 5.69. The third-order valence-electron chi connectivity index (χ3n) is 2.34. The molecule has 0 fully saturated rings. The van der Waals surface area contributed by atoms with E-state index in [4.69, 9.17) is 5.73 Å². The minimum atomic E-state index is -0.838. The molecule has 0 aliphatic carbocycles. The van der Waals surface area contributed by atoms with Crippen LogP contribution in [-0.4, -0.2) is 12.5 Å². The van der Waals surface area contributed by atoms with Gasteiger partial charge in [0.1, 0.15) is 0 Å². The molecule has 0 unspecified atom stereocenters. The molecule has 5 heteroatoms. The first-order chi connectivity index (χ1) is 8.09. The standard InChI is InChI=1S/C12H16F2N2O/c13-10-5-4-9(7-11(10)14)8-16-6-2-1-3-12(15)17/h4-5,7,16H,1-3,6,8H2,(H2,15,17). The molecule has 0 aliphatic rings. The van der Waals surface area contributed by atoms with E-state index in [1.54, 1.807) is 0 Å². The molecular formula is C12H16F2N2O. The zero-order valence-corrected chi connectivity index (χ0v) is 9.51. The largest absolute Gasteiger partial charge is 0.370 e. The summed E-state index contributed by atoms with van der Waals surface area (Å²) in [6.07, 6.45) is 1.94. The Morgan fingerprint density at radius 3 is 2.65 bits per heavy atom. The van der Waals surface area contributed by atoms with E-state index < -0.39 is 11.6 Å². The Morgan fingerprint density at radius 1 is 1.24 bits per heavy atom. The number of benzene rings is 1. The fraction of sp³-hybridized carbons (Fsp3) is 0.417. The molecule has 0 saturated heterocycles. The monoisotopic (exact) mass is 242 g/mol. The van der Waals surface area contributed by atoms with Gasteiger partial charge < -0.3 is 11.1 Å². The number of hydrogen-bond acceptors (Lipinski definition) is 2. The van der Waals surface area contributed by atoms with Crippen LogP contribution in [0.15, 0.2) is 18.2 Å². The SMILES string of the molecule is NC(=O)CCCCNCc1ccc(F)c(F)c1. The van der Waals surface area contributed by atoms with Gasteiger partial charge in [0.2, 0.25) is 5.91 Å². The molecule has 0 atom stereocenters. The van der Waals surface area contributed by atoms with E-state index in [1.165, 1.54) is 12.1 Å². The smallest absolute Gasteiger partial charge is 0.217 e. The van der Waals surface area contributed by atoms with Gasteiger partial charge in [-0.1, -0.05) is 6.07 Å². The number of carbonyl (C=O) groups is 1. The lowest BCUT2D eigenvalue weighted by atomic mass is 10.2. The number of hydrogen-bond donors (Lipinski definition) is 2. The average Bonchev–Trinajstić information content (AvgIpc) is 2.27. The van der Waals surface area contributed by atoms with Crippen LogP contribution in [0.25, 0.3) is 0 Å². The number of unbranched alkanes of at least 4 members (excludes halogenated alkanes) is 1. The van der Waals surface area contributed by atoms with Crippen LogP contribution in [0.1, 0.15) is 24.8 Å². The minimum absolute atomic E-state index is 0.300. The Morgan fingerprint density at radius 2 is 2.00 bits per heavy atom.